The smallest absolute Gasteiger partial charge is 0.335 e. The quantitative estimate of drug-likeness (QED) is 0.372. The fourth-order valence-corrected chi connectivity index (χ4v) is 5.09. The van der Waals surface area contributed by atoms with E-state index >= 15 is 0 Å². The molecule has 0 aliphatic carbocycles. The number of sulfone groups is 1. The predicted octanol–water partition coefficient (Wildman–Crippen LogP) is 4.63. The van der Waals surface area contributed by atoms with Crippen LogP contribution in [0.4, 0.5) is 0 Å². The average Bonchev–Trinajstić information content (AvgIpc) is 3.29. The van der Waals surface area contributed by atoms with Crippen molar-refractivity contribution in [2.24, 2.45) is 0 Å². The molecule has 0 atom stereocenters. The summed E-state index contributed by atoms with van der Waals surface area (Å²) in [6, 6.07) is 22.5. The van der Waals surface area contributed by atoms with Gasteiger partial charge in [0.15, 0.2) is 0 Å². The molecule has 5 aromatic rings. The molecule has 0 fully saturated rings. The molecule has 2 N–H and O–H groups in total. The highest BCUT2D eigenvalue weighted by Gasteiger charge is 2.20. The molecule has 1 aromatic heterocycles. The van der Waals surface area contributed by atoms with Gasteiger partial charge in [0.25, 0.3) is 0 Å². The van der Waals surface area contributed by atoms with Gasteiger partial charge >= 0.3 is 5.97 Å². The summed E-state index contributed by atoms with van der Waals surface area (Å²) < 4.78 is 26.0. The van der Waals surface area contributed by atoms with E-state index in [0.717, 1.165) is 11.1 Å². The zero-order chi connectivity index (χ0) is 24.7. The largest absolute Gasteiger partial charge is 0.505 e. The zero-order valence-corrected chi connectivity index (χ0v) is 19.3. The van der Waals surface area contributed by atoms with Crippen molar-refractivity contribution in [3.8, 4) is 22.6 Å². The Morgan fingerprint density at radius 3 is 2.17 bits per heavy atom. The maximum Gasteiger partial charge on any atom is 0.335 e. The van der Waals surface area contributed by atoms with Crippen LogP contribution in [-0.4, -0.2) is 39.6 Å². The number of aromatic carboxylic acids is 1. The third-order valence-electron chi connectivity index (χ3n) is 5.68. The van der Waals surface area contributed by atoms with Crippen LogP contribution in [0.1, 0.15) is 15.9 Å². The molecule has 9 heteroatoms. The molecule has 1 heterocycles. The summed E-state index contributed by atoms with van der Waals surface area (Å²) in [5.41, 5.74) is 3.37. The number of fused-ring (bicyclic) bond motifs is 1. The highest BCUT2D eigenvalue weighted by atomic mass is 32.2. The van der Waals surface area contributed by atoms with E-state index in [1.807, 2.05) is 0 Å². The molecular formula is C26H19N3O5S. The van der Waals surface area contributed by atoms with Gasteiger partial charge in [-0.05, 0) is 78.2 Å². The SMILES string of the molecule is Cc1cc(-c2ccc(C(=O)O)cc2)cc(-n2nc3ccc(S(=O)(=O)c4ccccc4)cc3n2)c1O. The van der Waals surface area contributed by atoms with Gasteiger partial charge in [-0.1, -0.05) is 30.3 Å². The first-order valence-electron chi connectivity index (χ1n) is 10.6. The van der Waals surface area contributed by atoms with Gasteiger partial charge in [0.1, 0.15) is 22.5 Å². The number of hydrogen-bond acceptors (Lipinski definition) is 6. The van der Waals surface area contributed by atoms with Gasteiger partial charge in [0, 0.05) is 0 Å². The summed E-state index contributed by atoms with van der Waals surface area (Å²) in [5.74, 6) is -1.03. The number of aromatic nitrogens is 3. The lowest BCUT2D eigenvalue weighted by molar-refractivity contribution is 0.0697. The normalized spacial score (nSPS) is 11.6. The van der Waals surface area contributed by atoms with Crippen molar-refractivity contribution < 1.29 is 23.4 Å². The van der Waals surface area contributed by atoms with Crippen LogP contribution in [0.15, 0.2) is 94.7 Å². The van der Waals surface area contributed by atoms with Gasteiger partial charge in [0.2, 0.25) is 9.84 Å². The molecule has 0 radical (unpaired) electrons. The van der Waals surface area contributed by atoms with Crippen LogP contribution in [-0.2, 0) is 9.84 Å². The van der Waals surface area contributed by atoms with Crippen LogP contribution in [0, 0.1) is 6.92 Å². The van der Waals surface area contributed by atoms with Crippen molar-refractivity contribution in [3.05, 3.63) is 96.1 Å². The molecule has 0 aliphatic heterocycles. The van der Waals surface area contributed by atoms with E-state index in [-0.39, 0.29) is 21.1 Å². The Bertz CT molecular complexity index is 1690. The maximum atomic E-state index is 13.0. The summed E-state index contributed by atoms with van der Waals surface area (Å²) in [4.78, 5) is 12.7. The van der Waals surface area contributed by atoms with E-state index in [9.17, 15) is 18.3 Å². The fourth-order valence-electron chi connectivity index (χ4n) is 3.79. The monoisotopic (exact) mass is 485 g/mol. The van der Waals surface area contributed by atoms with E-state index in [0.29, 0.717) is 22.3 Å². The predicted molar refractivity (Wildman–Crippen MR) is 130 cm³/mol. The molecule has 174 valence electrons. The Hall–Kier alpha value is -4.50. The number of carboxylic acid groups (broad SMARTS) is 1. The minimum atomic E-state index is -3.72. The third-order valence-corrected chi connectivity index (χ3v) is 7.44. The van der Waals surface area contributed by atoms with E-state index in [4.69, 9.17) is 5.11 Å². The number of benzene rings is 4. The Kier molecular flexibility index (Phi) is 5.33. The third kappa shape index (κ3) is 4.02. The number of nitrogens with zero attached hydrogens (tertiary/aromatic N) is 3. The molecular weight excluding hydrogens is 466 g/mol. The molecule has 0 aliphatic rings. The molecule has 0 saturated heterocycles. The van der Waals surface area contributed by atoms with Gasteiger partial charge in [-0.2, -0.15) is 0 Å². The second-order valence-corrected chi connectivity index (χ2v) is 9.95. The fraction of sp³-hybridized carbons (Fsp3) is 0.0385. The number of hydrogen-bond donors (Lipinski definition) is 2. The highest BCUT2D eigenvalue weighted by Crippen LogP contribution is 2.33. The van der Waals surface area contributed by atoms with Gasteiger partial charge in [-0.15, -0.1) is 15.0 Å². The number of aromatic hydroxyl groups is 1. The van der Waals surface area contributed by atoms with Crippen LogP contribution >= 0.6 is 0 Å². The standard InChI is InChI=1S/C26H19N3O5S/c1-16-13-19(17-7-9-18(10-8-17)26(31)32)14-24(25(16)30)29-27-22-12-11-21(15-23(22)28-29)35(33,34)20-5-3-2-4-6-20/h2-15,30H,1H3,(H,31,32). The average molecular weight is 486 g/mol. The van der Waals surface area contributed by atoms with Crippen LogP contribution in [0.25, 0.3) is 27.8 Å². The number of carbonyl (C=O) groups is 1. The van der Waals surface area contributed by atoms with Crippen LogP contribution in [0.5, 0.6) is 5.75 Å². The lowest BCUT2D eigenvalue weighted by Gasteiger charge is -2.10. The van der Waals surface area contributed by atoms with Crippen molar-refractivity contribution in [3.63, 3.8) is 0 Å². The van der Waals surface area contributed by atoms with Crippen LogP contribution < -0.4 is 0 Å². The second-order valence-electron chi connectivity index (χ2n) is 8.00. The van der Waals surface area contributed by atoms with Crippen molar-refractivity contribution in [2.45, 2.75) is 16.7 Å². The molecule has 8 nitrogen and oxygen atoms in total. The molecule has 0 spiro atoms. The Balaban J connectivity index is 1.58. The van der Waals surface area contributed by atoms with E-state index in [1.165, 1.54) is 41.2 Å². The molecule has 35 heavy (non-hydrogen) atoms. The van der Waals surface area contributed by atoms with Gasteiger partial charge in [-0.3, -0.25) is 0 Å². The Morgan fingerprint density at radius 1 is 0.800 bits per heavy atom. The van der Waals surface area contributed by atoms with Gasteiger partial charge in [-0.25, -0.2) is 13.2 Å². The summed E-state index contributed by atoms with van der Waals surface area (Å²) in [6.07, 6.45) is 0. The van der Waals surface area contributed by atoms with Crippen molar-refractivity contribution >= 4 is 26.8 Å². The molecule has 0 amide bonds. The molecule has 0 unspecified atom stereocenters. The lowest BCUT2D eigenvalue weighted by atomic mass is 10.0. The van der Waals surface area contributed by atoms with Crippen molar-refractivity contribution in [2.75, 3.05) is 0 Å². The number of phenolic OH excluding ortho intramolecular Hbond substituents is 1. The zero-order valence-electron chi connectivity index (χ0n) is 18.5. The number of rotatable bonds is 5. The topological polar surface area (TPSA) is 122 Å². The lowest BCUT2D eigenvalue weighted by Crippen LogP contribution is -2.01. The molecule has 5 rings (SSSR count). The van der Waals surface area contributed by atoms with Crippen molar-refractivity contribution in [1.82, 2.24) is 15.0 Å². The molecule has 0 saturated carbocycles. The minimum absolute atomic E-state index is 0.0201. The summed E-state index contributed by atoms with van der Waals surface area (Å²) >= 11 is 0. The molecule has 0 bridgehead atoms. The minimum Gasteiger partial charge on any atom is -0.505 e. The van der Waals surface area contributed by atoms with Gasteiger partial charge in [0.05, 0.1) is 15.4 Å². The van der Waals surface area contributed by atoms with E-state index in [1.54, 1.807) is 55.5 Å². The highest BCUT2D eigenvalue weighted by molar-refractivity contribution is 7.91. The number of phenols is 1. The number of carboxylic acids is 1. The first-order chi connectivity index (χ1) is 16.7. The van der Waals surface area contributed by atoms with E-state index in [2.05, 4.69) is 10.2 Å². The van der Waals surface area contributed by atoms with Crippen LogP contribution in [0.2, 0.25) is 0 Å². The number of aryl methyl sites for hydroxylation is 1. The van der Waals surface area contributed by atoms with E-state index < -0.39 is 15.8 Å². The van der Waals surface area contributed by atoms with Crippen molar-refractivity contribution in [1.29, 1.82) is 0 Å². The maximum absolute atomic E-state index is 13.0. The summed E-state index contributed by atoms with van der Waals surface area (Å²) in [5, 5.41) is 28.7. The summed E-state index contributed by atoms with van der Waals surface area (Å²) in [7, 11) is -3.72. The first-order valence-corrected chi connectivity index (χ1v) is 12.1. The Morgan fingerprint density at radius 2 is 1.49 bits per heavy atom. The second kappa shape index (κ2) is 8.37. The van der Waals surface area contributed by atoms with Gasteiger partial charge < -0.3 is 10.2 Å². The molecule has 4 aromatic carbocycles. The first kappa shape index (κ1) is 22.3. The van der Waals surface area contributed by atoms with Crippen LogP contribution in [0.3, 0.4) is 0 Å². The Labute approximate surface area is 200 Å². The summed E-state index contributed by atoms with van der Waals surface area (Å²) in [6.45, 7) is 1.74.